The lowest BCUT2D eigenvalue weighted by molar-refractivity contribution is -0.120. The molecule has 1 heterocycles. The smallest absolute Gasteiger partial charge is 0.257 e. The van der Waals surface area contributed by atoms with E-state index in [1.165, 1.54) is 0 Å². The number of rotatable bonds is 5. The molecule has 2 aromatic rings. The molecule has 0 saturated carbocycles. The number of piperidine rings is 1. The standard InChI is InChI=1S/C20H23N3O3/c1-26-16-8-4-7-15(12-16)22-20(25)17-9-2-3-10-18(17)23-19(24)14-6-5-11-21-13-14/h2-4,7-10,12,14,21H,5-6,11,13H2,1H3,(H,22,25)(H,23,24). The highest BCUT2D eigenvalue weighted by Gasteiger charge is 2.22. The number of carbonyl (C=O) groups excluding carboxylic acids is 2. The maximum atomic E-state index is 12.7. The van der Waals surface area contributed by atoms with Gasteiger partial charge in [-0.25, -0.2) is 0 Å². The van der Waals surface area contributed by atoms with Crippen molar-refractivity contribution in [3.63, 3.8) is 0 Å². The van der Waals surface area contributed by atoms with Crippen LogP contribution in [0.1, 0.15) is 23.2 Å². The van der Waals surface area contributed by atoms with E-state index >= 15 is 0 Å². The number of ether oxygens (including phenoxy) is 1. The Morgan fingerprint density at radius 3 is 2.73 bits per heavy atom. The van der Waals surface area contributed by atoms with Crippen molar-refractivity contribution < 1.29 is 14.3 Å². The molecule has 1 aliphatic rings. The molecule has 26 heavy (non-hydrogen) atoms. The summed E-state index contributed by atoms with van der Waals surface area (Å²) < 4.78 is 5.17. The van der Waals surface area contributed by atoms with Gasteiger partial charge in [-0.1, -0.05) is 18.2 Å². The van der Waals surface area contributed by atoms with Crippen molar-refractivity contribution in [2.75, 3.05) is 30.8 Å². The van der Waals surface area contributed by atoms with E-state index in [0.717, 1.165) is 19.4 Å². The maximum Gasteiger partial charge on any atom is 0.257 e. The van der Waals surface area contributed by atoms with Crippen LogP contribution < -0.4 is 20.7 Å². The molecule has 1 saturated heterocycles. The average Bonchev–Trinajstić information content (AvgIpc) is 2.69. The van der Waals surface area contributed by atoms with Gasteiger partial charge in [0.15, 0.2) is 0 Å². The quantitative estimate of drug-likeness (QED) is 0.772. The number of methoxy groups -OCH3 is 1. The minimum atomic E-state index is -0.282. The first-order chi connectivity index (χ1) is 12.7. The van der Waals surface area contributed by atoms with E-state index in [2.05, 4.69) is 16.0 Å². The van der Waals surface area contributed by atoms with Crippen LogP contribution in [0, 0.1) is 5.92 Å². The lowest BCUT2D eigenvalue weighted by Gasteiger charge is -2.22. The van der Waals surface area contributed by atoms with Crippen LogP contribution in [-0.4, -0.2) is 32.0 Å². The summed E-state index contributed by atoms with van der Waals surface area (Å²) >= 11 is 0. The van der Waals surface area contributed by atoms with Crippen LogP contribution in [-0.2, 0) is 4.79 Å². The number of carbonyl (C=O) groups is 2. The van der Waals surface area contributed by atoms with Crippen molar-refractivity contribution in [3.05, 3.63) is 54.1 Å². The number of hydrogen-bond donors (Lipinski definition) is 3. The summed E-state index contributed by atoms with van der Waals surface area (Å²) in [5.41, 5.74) is 1.57. The summed E-state index contributed by atoms with van der Waals surface area (Å²) in [6.45, 7) is 1.62. The molecule has 2 amide bonds. The zero-order valence-corrected chi connectivity index (χ0v) is 14.7. The van der Waals surface area contributed by atoms with Gasteiger partial charge in [-0.15, -0.1) is 0 Å². The summed E-state index contributed by atoms with van der Waals surface area (Å²) in [6, 6.07) is 14.2. The average molecular weight is 353 g/mol. The summed E-state index contributed by atoms with van der Waals surface area (Å²) in [5, 5.41) is 8.98. The number of nitrogens with one attached hydrogen (secondary N) is 3. The second-order valence-corrected chi connectivity index (χ2v) is 6.26. The molecule has 1 unspecified atom stereocenters. The van der Waals surface area contributed by atoms with Crippen LogP contribution in [0.15, 0.2) is 48.5 Å². The Kier molecular flexibility index (Phi) is 5.86. The first-order valence-corrected chi connectivity index (χ1v) is 8.73. The third kappa shape index (κ3) is 4.40. The highest BCUT2D eigenvalue weighted by atomic mass is 16.5. The van der Waals surface area contributed by atoms with Crippen LogP contribution in [0.5, 0.6) is 5.75 Å². The number of hydrogen-bond acceptors (Lipinski definition) is 4. The second kappa shape index (κ2) is 8.49. The van der Waals surface area contributed by atoms with Crippen LogP contribution in [0.25, 0.3) is 0 Å². The van der Waals surface area contributed by atoms with Gasteiger partial charge in [0, 0.05) is 18.3 Å². The van der Waals surface area contributed by atoms with Crippen molar-refractivity contribution in [1.29, 1.82) is 0 Å². The van der Waals surface area contributed by atoms with Crippen LogP contribution in [0.3, 0.4) is 0 Å². The first kappa shape index (κ1) is 17.9. The molecule has 0 aliphatic carbocycles. The molecule has 1 atom stereocenters. The van der Waals surface area contributed by atoms with Gasteiger partial charge in [-0.3, -0.25) is 9.59 Å². The number of anilines is 2. The fourth-order valence-corrected chi connectivity index (χ4v) is 3.00. The van der Waals surface area contributed by atoms with Gasteiger partial charge < -0.3 is 20.7 Å². The van der Waals surface area contributed by atoms with Gasteiger partial charge >= 0.3 is 0 Å². The predicted octanol–water partition coefficient (Wildman–Crippen LogP) is 2.89. The molecule has 0 bridgehead atoms. The molecular weight excluding hydrogens is 330 g/mol. The fraction of sp³-hybridized carbons (Fsp3) is 0.300. The highest BCUT2D eigenvalue weighted by molar-refractivity contribution is 6.10. The Bertz CT molecular complexity index is 785. The molecule has 1 fully saturated rings. The Balaban J connectivity index is 1.73. The normalized spacial score (nSPS) is 16.6. The van der Waals surface area contributed by atoms with Crippen LogP contribution >= 0.6 is 0 Å². The first-order valence-electron chi connectivity index (χ1n) is 8.73. The van der Waals surface area contributed by atoms with Crippen molar-refractivity contribution in [2.24, 2.45) is 5.92 Å². The van der Waals surface area contributed by atoms with Crippen molar-refractivity contribution in [2.45, 2.75) is 12.8 Å². The van der Waals surface area contributed by atoms with Gasteiger partial charge in [0.05, 0.1) is 24.3 Å². The van der Waals surface area contributed by atoms with Crippen molar-refractivity contribution >= 4 is 23.2 Å². The molecular formula is C20H23N3O3. The zero-order valence-electron chi connectivity index (χ0n) is 14.7. The van der Waals surface area contributed by atoms with Gasteiger partial charge in [0.25, 0.3) is 5.91 Å². The van der Waals surface area contributed by atoms with E-state index in [4.69, 9.17) is 4.74 Å². The largest absolute Gasteiger partial charge is 0.497 e. The van der Waals surface area contributed by atoms with E-state index in [-0.39, 0.29) is 17.7 Å². The molecule has 6 nitrogen and oxygen atoms in total. The molecule has 6 heteroatoms. The van der Waals surface area contributed by atoms with E-state index in [1.54, 1.807) is 49.6 Å². The van der Waals surface area contributed by atoms with Gasteiger partial charge in [0.2, 0.25) is 5.91 Å². The van der Waals surface area contributed by atoms with E-state index in [9.17, 15) is 9.59 Å². The van der Waals surface area contributed by atoms with E-state index in [0.29, 0.717) is 29.2 Å². The second-order valence-electron chi connectivity index (χ2n) is 6.26. The van der Waals surface area contributed by atoms with E-state index < -0.39 is 0 Å². The van der Waals surface area contributed by atoms with Crippen molar-refractivity contribution in [3.8, 4) is 5.75 Å². The molecule has 3 rings (SSSR count). The van der Waals surface area contributed by atoms with Crippen molar-refractivity contribution in [1.82, 2.24) is 5.32 Å². The minimum Gasteiger partial charge on any atom is -0.497 e. The summed E-state index contributed by atoms with van der Waals surface area (Å²) in [7, 11) is 1.58. The molecule has 0 radical (unpaired) electrons. The molecule has 0 aromatic heterocycles. The lowest BCUT2D eigenvalue weighted by Crippen LogP contribution is -2.37. The van der Waals surface area contributed by atoms with Crippen LogP contribution in [0.2, 0.25) is 0 Å². The summed E-state index contributed by atoms with van der Waals surface area (Å²) in [4.78, 5) is 25.2. The third-order valence-electron chi connectivity index (χ3n) is 4.42. The maximum absolute atomic E-state index is 12.7. The van der Waals surface area contributed by atoms with E-state index in [1.807, 2.05) is 6.07 Å². The monoisotopic (exact) mass is 353 g/mol. The molecule has 2 aromatic carbocycles. The summed E-state index contributed by atoms with van der Waals surface area (Å²) in [6.07, 6.45) is 1.84. The molecule has 3 N–H and O–H groups in total. The third-order valence-corrected chi connectivity index (χ3v) is 4.42. The lowest BCUT2D eigenvalue weighted by atomic mass is 9.98. The topological polar surface area (TPSA) is 79.5 Å². The Hall–Kier alpha value is -2.86. The SMILES string of the molecule is COc1cccc(NC(=O)c2ccccc2NC(=O)C2CCCNC2)c1. The Labute approximate surface area is 152 Å². The predicted molar refractivity (Wildman–Crippen MR) is 102 cm³/mol. The van der Waals surface area contributed by atoms with Gasteiger partial charge in [0.1, 0.15) is 5.75 Å². The summed E-state index contributed by atoms with van der Waals surface area (Å²) in [5.74, 6) is 0.252. The van der Waals surface area contributed by atoms with Gasteiger partial charge in [-0.05, 0) is 43.7 Å². The number of para-hydroxylation sites is 1. The Morgan fingerprint density at radius 2 is 1.96 bits per heavy atom. The molecule has 0 spiro atoms. The van der Waals surface area contributed by atoms with Crippen LogP contribution in [0.4, 0.5) is 11.4 Å². The zero-order chi connectivity index (χ0) is 18.4. The number of amides is 2. The Morgan fingerprint density at radius 1 is 1.12 bits per heavy atom. The number of benzene rings is 2. The molecule has 1 aliphatic heterocycles. The highest BCUT2D eigenvalue weighted by Crippen LogP contribution is 2.21. The minimum absolute atomic E-state index is 0.0566. The fourth-order valence-electron chi connectivity index (χ4n) is 3.00. The van der Waals surface area contributed by atoms with Gasteiger partial charge in [-0.2, -0.15) is 0 Å². The molecule has 136 valence electrons.